The summed E-state index contributed by atoms with van der Waals surface area (Å²) in [6.45, 7) is 2.42. The van der Waals surface area contributed by atoms with Crippen LogP contribution in [0.4, 0.5) is 5.69 Å². The largest absolute Gasteiger partial charge is 0.439 e. The highest BCUT2D eigenvalue weighted by molar-refractivity contribution is 5.50. The monoisotopic (exact) mass is 257 g/mol. The van der Waals surface area contributed by atoms with E-state index in [1.807, 2.05) is 62.3 Å². The Morgan fingerprint density at radius 1 is 1.21 bits per heavy atom. The second kappa shape index (κ2) is 5.71. The molecule has 0 atom stereocenters. The molecule has 1 heterocycles. The molecule has 1 aromatic heterocycles. The quantitative estimate of drug-likeness (QED) is 0.915. The van der Waals surface area contributed by atoms with Gasteiger partial charge in [0.1, 0.15) is 5.75 Å². The van der Waals surface area contributed by atoms with Crippen molar-refractivity contribution in [1.29, 1.82) is 0 Å². The van der Waals surface area contributed by atoms with Crippen LogP contribution in [0.15, 0.2) is 36.4 Å². The maximum atomic E-state index is 5.80. The molecule has 0 aliphatic rings. The second-order valence-electron chi connectivity index (χ2n) is 4.65. The Morgan fingerprint density at radius 3 is 2.68 bits per heavy atom. The van der Waals surface area contributed by atoms with Crippen LogP contribution in [-0.4, -0.2) is 19.1 Å². The number of ether oxygens (including phenoxy) is 1. The van der Waals surface area contributed by atoms with E-state index in [-0.39, 0.29) is 0 Å². The minimum atomic E-state index is 0.484. The number of hydrogen-bond acceptors (Lipinski definition) is 4. The molecule has 2 aromatic rings. The minimum Gasteiger partial charge on any atom is -0.439 e. The normalized spacial score (nSPS) is 10.3. The summed E-state index contributed by atoms with van der Waals surface area (Å²) in [5.41, 5.74) is 8.67. The van der Waals surface area contributed by atoms with Crippen LogP contribution in [0.3, 0.4) is 0 Å². The van der Waals surface area contributed by atoms with E-state index < -0.39 is 0 Å². The molecule has 0 unspecified atom stereocenters. The number of nitrogens with zero attached hydrogens (tertiary/aromatic N) is 2. The predicted molar refractivity (Wildman–Crippen MR) is 77.7 cm³/mol. The van der Waals surface area contributed by atoms with Gasteiger partial charge in [0.15, 0.2) is 0 Å². The summed E-state index contributed by atoms with van der Waals surface area (Å²) in [7, 11) is 3.99. The van der Waals surface area contributed by atoms with Gasteiger partial charge in [0.05, 0.1) is 0 Å². The van der Waals surface area contributed by atoms with Crippen molar-refractivity contribution < 1.29 is 4.74 Å². The fraction of sp³-hybridized carbons (Fsp3) is 0.267. The highest BCUT2D eigenvalue weighted by Crippen LogP contribution is 2.24. The molecule has 0 aliphatic carbocycles. The van der Waals surface area contributed by atoms with E-state index in [2.05, 4.69) is 4.98 Å². The molecule has 0 fully saturated rings. The lowest BCUT2D eigenvalue weighted by atomic mass is 10.2. The van der Waals surface area contributed by atoms with Gasteiger partial charge < -0.3 is 15.4 Å². The zero-order chi connectivity index (χ0) is 13.8. The van der Waals surface area contributed by atoms with Crippen LogP contribution < -0.4 is 15.4 Å². The molecule has 0 saturated carbocycles. The van der Waals surface area contributed by atoms with Crippen molar-refractivity contribution in [2.45, 2.75) is 13.5 Å². The van der Waals surface area contributed by atoms with Gasteiger partial charge in [-0.05, 0) is 30.7 Å². The average molecular weight is 257 g/mol. The molecular formula is C15H19N3O. The van der Waals surface area contributed by atoms with Gasteiger partial charge in [-0.3, -0.25) is 0 Å². The standard InChI is InChI=1S/C15H19N3O/c1-11-7-12(10-16)8-15(17-11)19-14-6-4-5-13(9-14)18(2)3/h4-9H,10,16H2,1-3H3. The van der Waals surface area contributed by atoms with E-state index >= 15 is 0 Å². The lowest BCUT2D eigenvalue weighted by molar-refractivity contribution is 0.461. The van der Waals surface area contributed by atoms with Crippen LogP contribution in [0.1, 0.15) is 11.3 Å². The smallest absolute Gasteiger partial charge is 0.219 e. The molecule has 4 heteroatoms. The number of hydrogen-bond donors (Lipinski definition) is 1. The summed E-state index contributed by atoms with van der Waals surface area (Å²) in [6.07, 6.45) is 0. The molecule has 2 rings (SSSR count). The number of aromatic nitrogens is 1. The third kappa shape index (κ3) is 3.45. The van der Waals surface area contributed by atoms with Crippen molar-refractivity contribution in [3.63, 3.8) is 0 Å². The Hall–Kier alpha value is -2.07. The van der Waals surface area contributed by atoms with Gasteiger partial charge in [-0.15, -0.1) is 0 Å². The van der Waals surface area contributed by atoms with Crippen molar-refractivity contribution in [1.82, 2.24) is 4.98 Å². The predicted octanol–water partition coefficient (Wildman–Crippen LogP) is 2.71. The molecule has 0 saturated heterocycles. The van der Waals surface area contributed by atoms with Gasteiger partial charge in [-0.25, -0.2) is 4.98 Å². The number of rotatable bonds is 4. The zero-order valence-corrected chi connectivity index (χ0v) is 11.6. The second-order valence-corrected chi connectivity index (χ2v) is 4.65. The highest BCUT2D eigenvalue weighted by Gasteiger charge is 2.04. The Bertz CT molecular complexity index is 567. The number of nitrogens with two attached hydrogens (primary N) is 1. The van der Waals surface area contributed by atoms with Crippen LogP contribution in [0.5, 0.6) is 11.6 Å². The fourth-order valence-electron chi connectivity index (χ4n) is 1.82. The summed E-state index contributed by atoms with van der Waals surface area (Å²) in [5, 5.41) is 0. The number of anilines is 1. The Morgan fingerprint density at radius 2 is 2.00 bits per heavy atom. The molecule has 0 bridgehead atoms. The van der Waals surface area contributed by atoms with E-state index in [0.717, 1.165) is 22.7 Å². The van der Waals surface area contributed by atoms with Crippen molar-refractivity contribution in [2.24, 2.45) is 5.73 Å². The first-order valence-corrected chi connectivity index (χ1v) is 6.21. The highest BCUT2D eigenvalue weighted by atomic mass is 16.5. The Labute approximate surface area is 113 Å². The molecule has 0 aliphatic heterocycles. The third-order valence-corrected chi connectivity index (χ3v) is 2.78. The van der Waals surface area contributed by atoms with Crippen LogP contribution in [-0.2, 0) is 6.54 Å². The van der Waals surface area contributed by atoms with Crippen molar-refractivity contribution in [3.05, 3.63) is 47.7 Å². The van der Waals surface area contributed by atoms with E-state index in [4.69, 9.17) is 10.5 Å². The van der Waals surface area contributed by atoms with E-state index in [0.29, 0.717) is 12.4 Å². The average Bonchev–Trinajstić information content (AvgIpc) is 2.38. The van der Waals surface area contributed by atoms with Crippen LogP contribution >= 0.6 is 0 Å². The topological polar surface area (TPSA) is 51.4 Å². The van der Waals surface area contributed by atoms with Gasteiger partial charge in [0.2, 0.25) is 5.88 Å². The number of aryl methyl sites for hydroxylation is 1. The summed E-state index contributed by atoms with van der Waals surface area (Å²) in [5.74, 6) is 1.35. The van der Waals surface area contributed by atoms with Crippen molar-refractivity contribution in [2.75, 3.05) is 19.0 Å². The molecule has 4 nitrogen and oxygen atoms in total. The van der Waals surface area contributed by atoms with Crippen molar-refractivity contribution in [3.8, 4) is 11.6 Å². The fourth-order valence-corrected chi connectivity index (χ4v) is 1.82. The molecule has 1 aromatic carbocycles. The van der Waals surface area contributed by atoms with Gasteiger partial charge >= 0.3 is 0 Å². The minimum absolute atomic E-state index is 0.484. The molecule has 0 amide bonds. The molecule has 0 spiro atoms. The van der Waals surface area contributed by atoms with Crippen LogP contribution in [0.25, 0.3) is 0 Å². The van der Waals surface area contributed by atoms with E-state index in [1.54, 1.807) is 0 Å². The van der Waals surface area contributed by atoms with E-state index in [9.17, 15) is 0 Å². The summed E-state index contributed by atoms with van der Waals surface area (Å²) in [4.78, 5) is 6.39. The lowest BCUT2D eigenvalue weighted by Crippen LogP contribution is -2.08. The summed E-state index contributed by atoms with van der Waals surface area (Å²) in [6, 6.07) is 11.7. The van der Waals surface area contributed by atoms with Gasteiger partial charge in [-0.1, -0.05) is 6.07 Å². The maximum Gasteiger partial charge on any atom is 0.219 e. The maximum absolute atomic E-state index is 5.80. The molecule has 19 heavy (non-hydrogen) atoms. The zero-order valence-electron chi connectivity index (χ0n) is 11.6. The first-order chi connectivity index (χ1) is 9.08. The Balaban J connectivity index is 2.25. The first kappa shape index (κ1) is 13.4. The van der Waals surface area contributed by atoms with E-state index in [1.165, 1.54) is 0 Å². The number of pyridine rings is 1. The van der Waals surface area contributed by atoms with Crippen LogP contribution in [0, 0.1) is 6.92 Å². The van der Waals surface area contributed by atoms with Crippen molar-refractivity contribution >= 4 is 5.69 Å². The molecule has 2 N–H and O–H groups in total. The third-order valence-electron chi connectivity index (χ3n) is 2.78. The summed E-state index contributed by atoms with van der Waals surface area (Å²) >= 11 is 0. The molecule has 0 radical (unpaired) electrons. The van der Waals surface area contributed by atoms with Gasteiger partial charge in [0.25, 0.3) is 0 Å². The Kier molecular flexibility index (Phi) is 4.02. The molecular weight excluding hydrogens is 238 g/mol. The first-order valence-electron chi connectivity index (χ1n) is 6.21. The summed E-state index contributed by atoms with van der Waals surface area (Å²) < 4.78 is 5.80. The number of benzene rings is 1. The SMILES string of the molecule is Cc1cc(CN)cc(Oc2cccc(N(C)C)c2)n1. The van der Waals surface area contributed by atoms with Gasteiger partial charge in [-0.2, -0.15) is 0 Å². The molecule has 100 valence electrons. The van der Waals surface area contributed by atoms with Crippen LogP contribution in [0.2, 0.25) is 0 Å². The van der Waals surface area contributed by atoms with Gasteiger partial charge in [0, 0.05) is 44.2 Å². The lowest BCUT2D eigenvalue weighted by Gasteiger charge is -2.14.